The normalized spacial score (nSPS) is 15.5. The highest BCUT2D eigenvalue weighted by Gasteiger charge is 2.22. The fourth-order valence-corrected chi connectivity index (χ4v) is 1.74. The van der Waals surface area contributed by atoms with E-state index in [4.69, 9.17) is 16.3 Å². The van der Waals surface area contributed by atoms with Gasteiger partial charge in [-0.05, 0) is 24.3 Å². The first kappa shape index (κ1) is 12.7. The lowest BCUT2D eigenvalue weighted by atomic mass is 10.3. The molecule has 0 unspecified atom stereocenters. The second-order valence-corrected chi connectivity index (χ2v) is 4.33. The highest BCUT2D eigenvalue weighted by molar-refractivity contribution is 6.30. The highest BCUT2D eigenvalue weighted by Crippen LogP contribution is 2.15. The van der Waals surface area contributed by atoms with E-state index in [1.165, 1.54) is 0 Å². The molecule has 1 fully saturated rings. The van der Waals surface area contributed by atoms with Gasteiger partial charge in [0.2, 0.25) is 5.91 Å². The van der Waals surface area contributed by atoms with Crippen molar-refractivity contribution >= 4 is 23.5 Å². The SMILES string of the molecule is O=C1CCN(CCOc2ccc(Cl)cc2)C(=O)N1. The van der Waals surface area contributed by atoms with E-state index in [-0.39, 0.29) is 11.9 Å². The van der Waals surface area contributed by atoms with Crippen LogP contribution < -0.4 is 10.1 Å². The first-order valence-electron chi connectivity index (χ1n) is 5.62. The average molecular weight is 269 g/mol. The fourth-order valence-electron chi connectivity index (χ4n) is 1.62. The van der Waals surface area contributed by atoms with Crippen molar-refractivity contribution in [2.75, 3.05) is 19.7 Å². The number of amides is 3. The molecule has 5 nitrogen and oxygen atoms in total. The van der Waals surface area contributed by atoms with E-state index in [1.54, 1.807) is 29.2 Å². The summed E-state index contributed by atoms with van der Waals surface area (Å²) in [5, 5.41) is 2.91. The molecule has 1 aliphatic heterocycles. The maximum Gasteiger partial charge on any atom is 0.324 e. The quantitative estimate of drug-likeness (QED) is 0.903. The molecule has 1 aromatic carbocycles. The molecule has 2 rings (SSSR count). The van der Waals surface area contributed by atoms with Gasteiger partial charge in [0, 0.05) is 18.0 Å². The number of hydrogen-bond donors (Lipinski definition) is 1. The summed E-state index contributed by atoms with van der Waals surface area (Å²) in [6.07, 6.45) is 0.340. The first-order valence-corrected chi connectivity index (χ1v) is 6.00. The van der Waals surface area contributed by atoms with Gasteiger partial charge in [0.05, 0.1) is 6.54 Å². The minimum Gasteiger partial charge on any atom is -0.492 e. The van der Waals surface area contributed by atoms with E-state index in [9.17, 15) is 9.59 Å². The Morgan fingerprint density at radius 1 is 1.28 bits per heavy atom. The summed E-state index contributed by atoms with van der Waals surface area (Å²) in [6, 6.07) is 6.65. The second kappa shape index (κ2) is 5.73. The Bertz CT molecular complexity index is 447. The fraction of sp³-hybridized carbons (Fsp3) is 0.333. The van der Waals surface area contributed by atoms with Gasteiger partial charge in [-0.2, -0.15) is 0 Å². The molecular formula is C12H13ClN2O3. The van der Waals surface area contributed by atoms with Crippen molar-refractivity contribution in [2.45, 2.75) is 6.42 Å². The van der Waals surface area contributed by atoms with Crippen molar-refractivity contribution in [1.82, 2.24) is 10.2 Å². The van der Waals surface area contributed by atoms with E-state index in [2.05, 4.69) is 5.32 Å². The lowest BCUT2D eigenvalue weighted by Gasteiger charge is -2.26. The van der Waals surface area contributed by atoms with E-state index in [0.29, 0.717) is 36.9 Å². The van der Waals surface area contributed by atoms with Crippen molar-refractivity contribution in [3.63, 3.8) is 0 Å². The summed E-state index contributed by atoms with van der Waals surface area (Å²) < 4.78 is 5.47. The molecular weight excluding hydrogens is 256 g/mol. The third kappa shape index (κ3) is 3.37. The first-order chi connectivity index (χ1) is 8.65. The number of carbonyl (C=O) groups excluding carboxylic acids is 2. The standard InChI is InChI=1S/C12H13ClN2O3/c13-9-1-3-10(4-2-9)18-8-7-15-6-5-11(16)14-12(15)17/h1-4H,5-8H2,(H,14,16,17). The number of nitrogens with one attached hydrogen (secondary N) is 1. The predicted molar refractivity (Wildman–Crippen MR) is 66.7 cm³/mol. The van der Waals surface area contributed by atoms with Gasteiger partial charge in [0.25, 0.3) is 0 Å². The van der Waals surface area contributed by atoms with E-state index >= 15 is 0 Å². The molecule has 18 heavy (non-hydrogen) atoms. The Morgan fingerprint density at radius 2 is 2.00 bits per heavy atom. The van der Waals surface area contributed by atoms with E-state index in [1.807, 2.05) is 0 Å². The summed E-state index contributed by atoms with van der Waals surface area (Å²) in [4.78, 5) is 23.9. The van der Waals surface area contributed by atoms with Gasteiger partial charge in [-0.1, -0.05) is 11.6 Å². The highest BCUT2D eigenvalue weighted by atomic mass is 35.5. The number of benzene rings is 1. The van der Waals surface area contributed by atoms with Crippen molar-refractivity contribution in [2.24, 2.45) is 0 Å². The molecule has 0 atom stereocenters. The largest absolute Gasteiger partial charge is 0.492 e. The molecule has 1 N–H and O–H groups in total. The lowest BCUT2D eigenvalue weighted by Crippen LogP contribution is -2.50. The molecule has 0 aliphatic carbocycles. The molecule has 1 aromatic rings. The van der Waals surface area contributed by atoms with Gasteiger partial charge in [-0.3, -0.25) is 10.1 Å². The van der Waals surface area contributed by atoms with E-state index < -0.39 is 0 Å². The molecule has 0 spiro atoms. The zero-order valence-corrected chi connectivity index (χ0v) is 10.4. The van der Waals surface area contributed by atoms with Crippen LogP contribution in [-0.2, 0) is 4.79 Å². The molecule has 1 aliphatic rings. The van der Waals surface area contributed by atoms with Crippen LogP contribution in [0.5, 0.6) is 5.75 Å². The van der Waals surface area contributed by atoms with Crippen LogP contribution in [0, 0.1) is 0 Å². The summed E-state index contributed by atoms with van der Waals surface area (Å²) in [5.74, 6) is 0.475. The molecule has 6 heteroatoms. The lowest BCUT2D eigenvalue weighted by molar-refractivity contribution is -0.121. The maximum absolute atomic E-state index is 11.4. The smallest absolute Gasteiger partial charge is 0.324 e. The summed E-state index contributed by atoms with van der Waals surface area (Å²) in [7, 11) is 0. The van der Waals surface area contributed by atoms with Gasteiger partial charge in [-0.25, -0.2) is 4.79 Å². The van der Waals surface area contributed by atoms with Gasteiger partial charge in [-0.15, -0.1) is 0 Å². The third-order valence-electron chi connectivity index (χ3n) is 2.59. The number of imide groups is 1. The van der Waals surface area contributed by atoms with Gasteiger partial charge < -0.3 is 9.64 Å². The minimum atomic E-state index is -0.356. The summed E-state index contributed by atoms with van der Waals surface area (Å²) in [5.41, 5.74) is 0. The third-order valence-corrected chi connectivity index (χ3v) is 2.84. The van der Waals surface area contributed by atoms with Crippen molar-refractivity contribution in [3.05, 3.63) is 29.3 Å². The summed E-state index contributed by atoms with van der Waals surface area (Å²) in [6.45, 7) is 1.26. The molecule has 1 heterocycles. The van der Waals surface area contributed by atoms with Crippen LogP contribution in [0.25, 0.3) is 0 Å². The van der Waals surface area contributed by atoms with Crippen LogP contribution in [-0.4, -0.2) is 36.5 Å². The van der Waals surface area contributed by atoms with Crippen LogP contribution in [0.4, 0.5) is 4.79 Å². The van der Waals surface area contributed by atoms with Crippen LogP contribution in [0.1, 0.15) is 6.42 Å². The molecule has 0 aromatic heterocycles. The number of carbonyl (C=O) groups is 2. The van der Waals surface area contributed by atoms with Crippen LogP contribution in [0.2, 0.25) is 5.02 Å². The Kier molecular flexibility index (Phi) is 4.04. The second-order valence-electron chi connectivity index (χ2n) is 3.89. The minimum absolute atomic E-state index is 0.227. The van der Waals surface area contributed by atoms with Crippen molar-refractivity contribution in [3.8, 4) is 5.75 Å². The monoisotopic (exact) mass is 268 g/mol. The maximum atomic E-state index is 11.4. The van der Waals surface area contributed by atoms with Gasteiger partial charge in [0.1, 0.15) is 12.4 Å². The van der Waals surface area contributed by atoms with Gasteiger partial charge >= 0.3 is 6.03 Å². The zero-order chi connectivity index (χ0) is 13.0. The van der Waals surface area contributed by atoms with Gasteiger partial charge in [0.15, 0.2) is 0 Å². The summed E-state index contributed by atoms with van der Waals surface area (Å²) >= 11 is 5.75. The average Bonchev–Trinajstić information content (AvgIpc) is 2.34. The molecule has 96 valence electrons. The Morgan fingerprint density at radius 3 is 2.67 bits per heavy atom. The Labute approximate surface area is 110 Å². The Balaban J connectivity index is 1.77. The number of hydrogen-bond acceptors (Lipinski definition) is 3. The number of nitrogens with zero attached hydrogens (tertiary/aromatic N) is 1. The number of halogens is 1. The molecule has 0 radical (unpaired) electrons. The molecule has 0 bridgehead atoms. The topological polar surface area (TPSA) is 58.6 Å². The van der Waals surface area contributed by atoms with Crippen LogP contribution in [0.3, 0.4) is 0 Å². The molecule has 0 saturated carbocycles. The van der Waals surface area contributed by atoms with Crippen LogP contribution in [0.15, 0.2) is 24.3 Å². The van der Waals surface area contributed by atoms with Crippen molar-refractivity contribution in [1.29, 1.82) is 0 Å². The number of urea groups is 1. The number of rotatable bonds is 4. The van der Waals surface area contributed by atoms with E-state index in [0.717, 1.165) is 0 Å². The molecule has 1 saturated heterocycles. The van der Waals surface area contributed by atoms with Crippen molar-refractivity contribution < 1.29 is 14.3 Å². The predicted octanol–water partition coefficient (Wildman–Crippen LogP) is 1.66. The number of ether oxygens (including phenoxy) is 1. The zero-order valence-electron chi connectivity index (χ0n) is 9.69. The Hall–Kier alpha value is -1.75. The van der Waals surface area contributed by atoms with Crippen LogP contribution >= 0.6 is 11.6 Å². The molecule has 3 amide bonds.